The van der Waals surface area contributed by atoms with E-state index in [1.165, 1.54) is 12.1 Å². The number of hydrogen-bond donors (Lipinski definition) is 3. The number of nitrogens with zero attached hydrogens (tertiary/aromatic N) is 1. The molecule has 2 heterocycles. The number of carbonyl (C=O) groups excluding carboxylic acids is 1. The van der Waals surface area contributed by atoms with Crippen LogP contribution < -0.4 is 20.9 Å². The Balaban J connectivity index is 1.27. The predicted octanol–water partition coefficient (Wildman–Crippen LogP) is 2.98. The molecule has 2 aromatic rings. The van der Waals surface area contributed by atoms with Crippen LogP contribution in [0.4, 0.5) is 4.39 Å². The minimum absolute atomic E-state index is 0.0745. The van der Waals surface area contributed by atoms with Crippen LogP contribution >= 0.6 is 0 Å². The van der Waals surface area contributed by atoms with Crippen LogP contribution in [0.1, 0.15) is 48.1 Å². The molecule has 2 aromatic carbocycles. The van der Waals surface area contributed by atoms with Gasteiger partial charge < -0.3 is 10.1 Å². The van der Waals surface area contributed by atoms with Gasteiger partial charge in [0.1, 0.15) is 11.6 Å². The molecule has 0 saturated carbocycles. The van der Waals surface area contributed by atoms with Crippen LogP contribution in [0.15, 0.2) is 48.5 Å². The van der Waals surface area contributed by atoms with E-state index in [-0.39, 0.29) is 30.0 Å². The van der Waals surface area contributed by atoms with Crippen LogP contribution in [0, 0.1) is 5.82 Å². The van der Waals surface area contributed by atoms with Gasteiger partial charge >= 0.3 is 0 Å². The number of nitrogens with one attached hydrogen (secondary N) is 3. The number of benzene rings is 2. The highest BCUT2D eigenvalue weighted by Gasteiger charge is 2.32. The Kier molecular flexibility index (Phi) is 6.62. The molecule has 1 amide bonds. The number of piperidine rings is 1. The fourth-order valence-electron chi connectivity index (χ4n) is 4.25. The number of carbonyl (C=O) groups is 1. The molecular weight excluding hydrogens is 383 g/mol. The van der Waals surface area contributed by atoms with E-state index in [0.717, 1.165) is 37.9 Å². The molecule has 0 aromatic heterocycles. The van der Waals surface area contributed by atoms with Gasteiger partial charge in [0.2, 0.25) is 0 Å². The van der Waals surface area contributed by atoms with Gasteiger partial charge in [0.05, 0.1) is 18.3 Å². The van der Waals surface area contributed by atoms with Crippen molar-refractivity contribution in [2.24, 2.45) is 0 Å². The van der Waals surface area contributed by atoms with Crippen LogP contribution in [0.25, 0.3) is 0 Å². The fraction of sp³-hybridized carbons (Fsp3) is 0.435. The molecule has 6 nitrogen and oxygen atoms in total. The Morgan fingerprint density at radius 3 is 2.60 bits per heavy atom. The first kappa shape index (κ1) is 20.8. The van der Waals surface area contributed by atoms with E-state index in [9.17, 15) is 9.18 Å². The van der Waals surface area contributed by atoms with Crippen molar-refractivity contribution in [2.45, 2.75) is 44.4 Å². The van der Waals surface area contributed by atoms with E-state index in [2.05, 4.69) is 21.1 Å². The second-order valence-corrected chi connectivity index (χ2v) is 7.86. The summed E-state index contributed by atoms with van der Waals surface area (Å²) in [4.78, 5) is 15.1. The van der Waals surface area contributed by atoms with Crippen molar-refractivity contribution in [3.8, 4) is 5.75 Å². The van der Waals surface area contributed by atoms with Gasteiger partial charge in [-0.25, -0.2) is 15.2 Å². The molecule has 0 radical (unpaired) electrons. The van der Waals surface area contributed by atoms with Crippen LogP contribution in [0.2, 0.25) is 0 Å². The summed E-state index contributed by atoms with van der Waals surface area (Å²) < 4.78 is 18.7. The number of halogens is 1. The fourth-order valence-corrected chi connectivity index (χ4v) is 4.25. The first-order valence-corrected chi connectivity index (χ1v) is 10.7. The zero-order valence-corrected chi connectivity index (χ0v) is 17.2. The highest BCUT2D eigenvalue weighted by Crippen LogP contribution is 2.26. The second kappa shape index (κ2) is 9.55. The number of hydrazine groups is 1. The van der Waals surface area contributed by atoms with E-state index in [0.29, 0.717) is 17.9 Å². The summed E-state index contributed by atoms with van der Waals surface area (Å²) in [5.74, 6) is 0.340. The molecule has 160 valence electrons. The Labute approximate surface area is 176 Å². The molecular formula is C23H29FN4O2. The molecule has 2 saturated heterocycles. The molecule has 2 atom stereocenters. The number of hydrogen-bond acceptors (Lipinski definition) is 5. The molecule has 0 spiro atoms. The van der Waals surface area contributed by atoms with Crippen molar-refractivity contribution in [2.75, 3.05) is 19.7 Å². The summed E-state index contributed by atoms with van der Waals surface area (Å²) in [7, 11) is 0. The number of rotatable bonds is 6. The van der Waals surface area contributed by atoms with Crippen LogP contribution in [-0.4, -0.2) is 42.7 Å². The Morgan fingerprint density at radius 2 is 1.87 bits per heavy atom. The minimum atomic E-state index is -0.214. The summed E-state index contributed by atoms with van der Waals surface area (Å²) in [6, 6.07) is 14.4. The van der Waals surface area contributed by atoms with Gasteiger partial charge in [0, 0.05) is 25.2 Å². The zero-order chi connectivity index (χ0) is 20.9. The van der Waals surface area contributed by atoms with Gasteiger partial charge in [-0.2, -0.15) is 0 Å². The largest absolute Gasteiger partial charge is 0.493 e. The normalized spacial score (nSPS) is 22.7. The summed E-state index contributed by atoms with van der Waals surface area (Å²) in [5.41, 5.74) is 8.37. The van der Waals surface area contributed by atoms with Crippen molar-refractivity contribution < 1.29 is 13.9 Å². The van der Waals surface area contributed by atoms with Crippen LogP contribution in [-0.2, 0) is 0 Å². The minimum Gasteiger partial charge on any atom is -0.493 e. The average molecular weight is 413 g/mol. The maximum atomic E-state index is 13.2. The molecule has 7 heteroatoms. The zero-order valence-electron chi connectivity index (χ0n) is 17.2. The number of likely N-dealkylation sites (tertiary alicyclic amines) is 1. The standard InChI is InChI=1S/C23H29FN4O2/c1-2-30-21-6-4-3-5-19(21)23(29)25-18-11-13-28(14-12-18)22-15-20(26-27-22)16-7-9-17(24)10-8-16/h3-10,18,20,22,26-27H,2,11-15H2,1H3,(H,25,29). The van der Waals surface area contributed by atoms with Crippen LogP contribution in [0.5, 0.6) is 5.75 Å². The Morgan fingerprint density at radius 1 is 1.13 bits per heavy atom. The lowest BCUT2D eigenvalue weighted by molar-refractivity contribution is 0.0876. The Hall–Kier alpha value is -2.48. The Bertz CT molecular complexity index is 853. The van der Waals surface area contributed by atoms with E-state index in [1.54, 1.807) is 6.07 Å². The smallest absolute Gasteiger partial charge is 0.255 e. The van der Waals surface area contributed by atoms with E-state index >= 15 is 0 Å². The summed E-state index contributed by atoms with van der Waals surface area (Å²) >= 11 is 0. The summed E-state index contributed by atoms with van der Waals surface area (Å²) in [5, 5.41) is 3.17. The van der Waals surface area contributed by atoms with Crippen LogP contribution in [0.3, 0.4) is 0 Å². The molecule has 2 aliphatic heterocycles. The lowest BCUT2D eigenvalue weighted by atomic mass is 10.0. The third kappa shape index (κ3) is 4.80. The van der Waals surface area contributed by atoms with E-state index < -0.39 is 0 Å². The average Bonchev–Trinajstić information content (AvgIpc) is 3.26. The van der Waals surface area contributed by atoms with Gasteiger partial charge in [0.15, 0.2) is 0 Å². The molecule has 3 N–H and O–H groups in total. The van der Waals surface area contributed by atoms with Crippen molar-refractivity contribution in [3.63, 3.8) is 0 Å². The van der Waals surface area contributed by atoms with Crippen molar-refractivity contribution in [3.05, 3.63) is 65.5 Å². The molecule has 30 heavy (non-hydrogen) atoms. The SMILES string of the molecule is CCOc1ccccc1C(=O)NC1CCN(C2CC(c3ccc(F)cc3)NN2)CC1. The van der Waals surface area contributed by atoms with Gasteiger partial charge in [-0.3, -0.25) is 9.69 Å². The number of ether oxygens (including phenoxy) is 1. The maximum Gasteiger partial charge on any atom is 0.255 e. The highest BCUT2D eigenvalue weighted by molar-refractivity contribution is 5.97. The third-order valence-corrected chi connectivity index (χ3v) is 5.89. The predicted molar refractivity (Wildman–Crippen MR) is 113 cm³/mol. The first-order chi connectivity index (χ1) is 14.6. The number of para-hydroxylation sites is 1. The maximum absolute atomic E-state index is 13.2. The quantitative estimate of drug-likeness (QED) is 0.681. The molecule has 2 fully saturated rings. The van der Waals surface area contributed by atoms with Gasteiger partial charge in [-0.15, -0.1) is 0 Å². The lowest BCUT2D eigenvalue weighted by Crippen LogP contribution is -2.51. The van der Waals surface area contributed by atoms with Gasteiger partial charge in [-0.05, 0) is 56.0 Å². The highest BCUT2D eigenvalue weighted by atomic mass is 19.1. The summed E-state index contributed by atoms with van der Waals surface area (Å²) in [6.07, 6.45) is 2.96. The van der Waals surface area contributed by atoms with E-state index in [1.807, 2.05) is 37.3 Å². The number of amides is 1. The van der Waals surface area contributed by atoms with Crippen molar-refractivity contribution in [1.82, 2.24) is 21.1 Å². The molecule has 0 aliphatic carbocycles. The van der Waals surface area contributed by atoms with E-state index in [4.69, 9.17) is 4.74 Å². The molecule has 2 unspecified atom stereocenters. The first-order valence-electron chi connectivity index (χ1n) is 10.7. The molecule has 0 bridgehead atoms. The topological polar surface area (TPSA) is 65.6 Å². The van der Waals surface area contributed by atoms with Gasteiger partial charge in [0.25, 0.3) is 5.91 Å². The lowest BCUT2D eigenvalue weighted by Gasteiger charge is -2.36. The third-order valence-electron chi connectivity index (χ3n) is 5.89. The molecule has 4 rings (SSSR count). The van der Waals surface area contributed by atoms with Crippen molar-refractivity contribution >= 4 is 5.91 Å². The molecule has 2 aliphatic rings. The van der Waals surface area contributed by atoms with Crippen molar-refractivity contribution in [1.29, 1.82) is 0 Å². The second-order valence-electron chi connectivity index (χ2n) is 7.86. The van der Waals surface area contributed by atoms with Gasteiger partial charge in [-0.1, -0.05) is 24.3 Å². The monoisotopic (exact) mass is 412 g/mol. The summed E-state index contributed by atoms with van der Waals surface area (Å²) in [6.45, 7) is 4.27.